The van der Waals surface area contributed by atoms with Crippen LogP contribution < -0.4 is 11.1 Å². The molecule has 2 amide bonds. The molecule has 1 aromatic heterocycles. The number of aromatic nitrogens is 3. The van der Waals surface area contributed by atoms with Crippen LogP contribution in [0.1, 0.15) is 17.8 Å². The molecule has 1 aromatic carbocycles. The summed E-state index contributed by atoms with van der Waals surface area (Å²) in [6.45, 7) is 0.503. The third-order valence-corrected chi connectivity index (χ3v) is 4.21. The van der Waals surface area contributed by atoms with E-state index in [1.807, 2.05) is 30.3 Å². The van der Waals surface area contributed by atoms with Crippen molar-refractivity contribution >= 4 is 23.6 Å². The Morgan fingerprint density at radius 1 is 1.26 bits per heavy atom. The lowest BCUT2D eigenvalue weighted by Crippen LogP contribution is -2.24. The molecule has 0 radical (unpaired) electrons. The Hall–Kier alpha value is -2.35. The molecule has 0 atom stereocenters. The van der Waals surface area contributed by atoms with Gasteiger partial charge in [0.25, 0.3) is 0 Å². The lowest BCUT2D eigenvalue weighted by molar-refractivity contribution is -0.119. The van der Waals surface area contributed by atoms with Gasteiger partial charge >= 0.3 is 0 Å². The van der Waals surface area contributed by atoms with Crippen LogP contribution in [0.4, 0.5) is 0 Å². The molecule has 0 fully saturated rings. The molecule has 0 saturated carbocycles. The molecule has 0 aliphatic rings. The summed E-state index contributed by atoms with van der Waals surface area (Å²) in [5.41, 5.74) is 6.18. The quantitative estimate of drug-likeness (QED) is 0.690. The molecule has 0 aliphatic heterocycles. The van der Waals surface area contributed by atoms with E-state index in [0.717, 1.165) is 5.56 Å². The highest BCUT2D eigenvalue weighted by atomic mass is 32.2. The first-order valence-electron chi connectivity index (χ1n) is 7.16. The molecule has 0 spiro atoms. The second-order valence-electron chi connectivity index (χ2n) is 4.98. The van der Waals surface area contributed by atoms with E-state index < -0.39 is 0 Å². The van der Waals surface area contributed by atoms with E-state index in [4.69, 9.17) is 5.73 Å². The molecule has 2 rings (SSSR count). The summed E-state index contributed by atoms with van der Waals surface area (Å²) >= 11 is 1.31. The average molecular weight is 333 g/mol. The van der Waals surface area contributed by atoms with Crippen LogP contribution in [0.15, 0.2) is 35.5 Å². The molecular weight excluding hydrogens is 314 g/mol. The highest BCUT2D eigenvalue weighted by Gasteiger charge is 2.12. The Balaban J connectivity index is 1.79. The topological polar surface area (TPSA) is 103 Å². The number of nitrogens with one attached hydrogen (secondary N) is 1. The summed E-state index contributed by atoms with van der Waals surface area (Å²) in [4.78, 5) is 22.7. The average Bonchev–Trinajstić information content (AvgIpc) is 2.90. The molecule has 0 unspecified atom stereocenters. The summed E-state index contributed by atoms with van der Waals surface area (Å²) in [6.07, 6.45) is 0.674. The molecule has 122 valence electrons. The zero-order valence-corrected chi connectivity index (χ0v) is 13.7. The number of aryl methyl sites for hydroxylation is 1. The van der Waals surface area contributed by atoms with Crippen molar-refractivity contribution in [1.82, 2.24) is 20.1 Å². The standard InChI is InChI=1S/C15H19N5O2S/c1-20-13(8-7-12(16)21)18-19-15(20)23-10-14(22)17-9-11-5-3-2-4-6-11/h2-6H,7-10H2,1H3,(H2,16,21)(H,17,22). The van der Waals surface area contributed by atoms with E-state index in [9.17, 15) is 9.59 Å². The Labute approximate surface area is 138 Å². The van der Waals surface area contributed by atoms with Gasteiger partial charge in [-0.05, 0) is 5.56 Å². The molecular formula is C15H19N5O2S. The number of carbonyl (C=O) groups excluding carboxylic acids is 2. The monoisotopic (exact) mass is 333 g/mol. The van der Waals surface area contributed by atoms with Crippen LogP contribution in [-0.2, 0) is 29.6 Å². The fourth-order valence-electron chi connectivity index (χ4n) is 1.90. The molecule has 8 heteroatoms. The fraction of sp³-hybridized carbons (Fsp3) is 0.333. The molecule has 7 nitrogen and oxygen atoms in total. The zero-order chi connectivity index (χ0) is 16.7. The normalized spacial score (nSPS) is 10.5. The number of hydrogen-bond acceptors (Lipinski definition) is 5. The number of rotatable bonds is 8. The lowest BCUT2D eigenvalue weighted by Gasteiger charge is -2.05. The van der Waals surface area contributed by atoms with E-state index in [0.29, 0.717) is 23.9 Å². The second-order valence-corrected chi connectivity index (χ2v) is 5.92. The van der Waals surface area contributed by atoms with E-state index in [-0.39, 0.29) is 24.0 Å². The van der Waals surface area contributed by atoms with Crippen molar-refractivity contribution in [3.8, 4) is 0 Å². The Morgan fingerprint density at radius 3 is 2.70 bits per heavy atom. The van der Waals surface area contributed by atoms with E-state index in [2.05, 4.69) is 15.5 Å². The number of carbonyl (C=O) groups is 2. The first kappa shape index (κ1) is 17.0. The number of thioether (sulfide) groups is 1. The summed E-state index contributed by atoms with van der Waals surface area (Å²) in [7, 11) is 1.81. The van der Waals surface area contributed by atoms with Crippen molar-refractivity contribution in [1.29, 1.82) is 0 Å². The van der Waals surface area contributed by atoms with Gasteiger partial charge in [-0.15, -0.1) is 10.2 Å². The highest BCUT2D eigenvalue weighted by Crippen LogP contribution is 2.16. The smallest absolute Gasteiger partial charge is 0.230 e. The first-order valence-corrected chi connectivity index (χ1v) is 8.15. The highest BCUT2D eigenvalue weighted by molar-refractivity contribution is 7.99. The minimum absolute atomic E-state index is 0.0689. The van der Waals surface area contributed by atoms with Gasteiger partial charge in [0, 0.05) is 26.4 Å². The molecule has 3 N–H and O–H groups in total. The van der Waals surface area contributed by atoms with E-state index in [1.54, 1.807) is 11.6 Å². The molecule has 2 aromatic rings. The van der Waals surface area contributed by atoms with Crippen molar-refractivity contribution in [2.24, 2.45) is 12.8 Å². The number of nitrogens with zero attached hydrogens (tertiary/aromatic N) is 3. The summed E-state index contributed by atoms with van der Waals surface area (Å²) in [6, 6.07) is 9.72. The molecule has 23 heavy (non-hydrogen) atoms. The first-order chi connectivity index (χ1) is 11.1. The Morgan fingerprint density at radius 2 is 2.00 bits per heavy atom. The van der Waals surface area contributed by atoms with Crippen LogP contribution in [0.3, 0.4) is 0 Å². The number of hydrogen-bond donors (Lipinski definition) is 2. The van der Waals surface area contributed by atoms with Gasteiger partial charge in [0.1, 0.15) is 5.82 Å². The van der Waals surface area contributed by atoms with Crippen LogP contribution in [0, 0.1) is 0 Å². The number of amides is 2. The molecule has 1 heterocycles. The van der Waals surface area contributed by atoms with E-state index in [1.165, 1.54) is 11.8 Å². The van der Waals surface area contributed by atoms with Gasteiger partial charge in [0.15, 0.2) is 5.16 Å². The lowest BCUT2D eigenvalue weighted by atomic mass is 10.2. The number of primary amides is 1. The molecule has 0 aliphatic carbocycles. The minimum Gasteiger partial charge on any atom is -0.370 e. The third-order valence-electron chi connectivity index (χ3n) is 3.18. The fourth-order valence-corrected chi connectivity index (χ4v) is 2.66. The predicted octanol–water partition coefficient (Wildman–Crippen LogP) is 0.642. The van der Waals surface area contributed by atoms with Crippen molar-refractivity contribution in [2.75, 3.05) is 5.75 Å². The van der Waals surface area contributed by atoms with Crippen LogP contribution in [-0.4, -0.2) is 32.3 Å². The minimum atomic E-state index is -0.373. The van der Waals surface area contributed by atoms with Gasteiger partial charge < -0.3 is 15.6 Å². The SMILES string of the molecule is Cn1c(CCC(N)=O)nnc1SCC(=O)NCc1ccccc1. The maximum atomic E-state index is 11.9. The van der Waals surface area contributed by atoms with Gasteiger partial charge in [-0.1, -0.05) is 42.1 Å². The summed E-state index contributed by atoms with van der Waals surface area (Å²) in [5, 5.41) is 11.5. The van der Waals surface area contributed by atoms with Gasteiger partial charge in [0.2, 0.25) is 11.8 Å². The third kappa shape index (κ3) is 5.41. The van der Waals surface area contributed by atoms with Crippen molar-refractivity contribution < 1.29 is 9.59 Å². The molecule has 0 saturated heterocycles. The number of benzene rings is 1. The van der Waals surface area contributed by atoms with Crippen LogP contribution >= 0.6 is 11.8 Å². The number of nitrogens with two attached hydrogens (primary N) is 1. The zero-order valence-electron chi connectivity index (χ0n) is 12.9. The van der Waals surface area contributed by atoms with Crippen LogP contribution in [0.25, 0.3) is 0 Å². The maximum absolute atomic E-state index is 11.9. The van der Waals surface area contributed by atoms with Crippen molar-refractivity contribution in [3.63, 3.8) is 0 Å². The van der Waals surface area contributed by atoms with Gasteiger partial charge in [0.05, 0.1) is 5.75 Å². The van der Waals surface area contributed by atoms with E-state index >= 15 is 0 Å². The van der Waals surface area contributed by atoms with Gasteiger partial charge in [-0.3, -0.25) is 9.59 Å². The predicted molar refractivity (Wildman–Crippen MR) is 87.5 cm³/mol. The van der Waals surface area contributed by atoms with Crippen molar-refractivity contribution in [3.05, 3.63) is 41.7 Å². The molecule has 0 bridgehead atoms. The van der Waals surface area contributed by atoms with Crippen LogP contribution in [0.5, 0.6) is 0 Å². The summed E-state index contributed by atoms with van der Waals surface area (Å²) in [5.74, 6) is 0.494. The van der Waals surface area contributed by atoms with Gasteiger partial charge in [-0.25, -0.2) is 0 Å². The van der Waals surface area contributed by atoms with Gasteiger partial charge in [-0.2, -0.15) is 0 Å². The largest absolute Gasteiger partial charge is 0.370 e. The van der Waals surface area contributed by atoms with Crippen molar-refractivity contribution in [2.45, 2.75) is 24.5 Å². The second kappa shape index (κ2) is 8.33. The Kier molecular flexibility index (Phi) is 6.16. The van der Waals surface area contributed by atoms with Crippen LogP contribution in [0.2, 0.25) is 0 Å². The summed E-state index contributed by atoms with van der Waals surface area (Å²) < 4.78 is 1.78. The maximum Gasteiger partial charge on any atom is 0.230 e. The Bertz CT molecular complexity index is 672.